The first-order valence-electron chi connectivity index (χ1n) is 12.1. The molecule has 0 radical (unpaired) electrons. The maximum absolute atomic E-state index is 13.3. The van der Waals surface area contributed by atoms with Gasteiger partial charge in [-0.15, -0.1) is 0 Å². The fraction of sp³-hybridized carbons (Fsp3) is 0.321. The summed E-state index contributed by atoms with van der Waals surface area (Å²) < 4.78 is 5.54. The van der Waals surface area contributed by atoms with Crippen LogP contribution in [0.4, 0.5) is 0 Å². The first-order chi connectivity index (χ1) is 17.0. The Labute approximate surface area is 205 Å². The smallest absolute Gasteiger partial charge is 0.253 e. The highest BCUT2D eigenvalue weighted by atomic mass is 16.5. The first kappa shape index (κ1) is 23.1. The minimum Gasteiger partial charge on any atom is -0.496 e. The van der Waals surface area contributed by atoms with E-state index in [1.54, 1.807) is 7.11 Å². The number of amides is 1. The Bertz CT molecular complexity index is 1340. The summed E-state index contributed by atoms with van der Waals surface area (Å²) in [6.07, 6.45) is 1.82. The Kier molecular flexibility index (Phi) is 6.51. The maximum atomic E-state index is 13.3. The molecule has 0 spiro atoms. The summed E-state index contributed by atoms with van der Waals surface area (Å²) >= 11 is 0. The molecule has 4 aromatic rings. The van der Waals surface area contributed by atoms with Crippen LogP contribution in [0.1, 0.15) is 24.2 Å². The second kappa shape index (κ2) is 9.88. The first-order valence-corrected chi connectivity index (χ1v) is 12.1. The summed E-state index contributed by atoms with van der Waals surface area (Å²) in [7, 11) is 1.66. The van der Waals surface area contributed by atoms with Crippen LogP contribution in [0.2, 0.25) is 0 Å². The van der Waals surface area contributed by atoms with E-state index in [0.29, 0.717) is 17.1 Å². The Balaban J connectivity index is 1.41. The molecule has 1 fully saturated rings. The Morgan fingerprint density at radius 1 is 1.03 bits per heavy atom. The number of hydrogen-bond acceptors (Lipinski definition) is 5. The van der Waals surface area contributed by atoms with Gasteiger partial charge < -0.3 is 9.64 Å². The molecule has 7 nitrogen and oxygen atoms in total. The molecule has 0 saturated carbocycles. The zero-order valence-corrected chi connectivity index (χ0v) is 20.5. The summed E-state index contributed by atoms with van der Waals surface area (Å²) in [5.74, 6) is 1.48. The number of ether oxygens (including phenoxy) is 1. The zero-order valence-electron chi connectivity index (χ0n) is 20.5. The molecule has 1 saturated heterocycles. The van der Waals surface area contributed by atoms with Gasteiger partial charge in [0.1, 0.15) is 11.4 Å². The molecule has 7 heteroatoms. The summed E-state index contributed by atoms with van der Waals surface area (Å²) in [5.41, 5.74) is 5.00. The van der Waals surface area contributed by atoms with E-state index in [0.717, 1.165) is 66.2 Å². The van der Waals surface area contributed by atoms with Gasteiger partial charge in [0.25, 0.3) is 5.91 Å². The van der Waals surface area contributed by atoms with Crippen molar-refractivity contribution in [1.29, 1.82) is 0 Å². The van der Waals surface area contributed by atoms with E-state index in [-0.39, 0.29) is 5.91 Å². The lowest BCUT2D eigenvalue weighted by Crippen LogP contribution is -2.49. The number of methoxy groups -OCH3 is 1. The van der Waals surface area contributed by atoms with Crippen LogP contribution in [-0.4, -0.2) is 70.7 Å². The van der Waals surface area contributed by atoms with E-state index < -0.39 is 0 Å². The van der Waals surface area contributed by atoms with E-state index in [1.165, 1.54) is 0 Å². The maximum Gasteiger partial charge on any atom is 0.253 e. The summed E-state index contributed by atoms with van der Waals surface area (Å²) in [6, 6.07) is 17.7. The second-order valence-electron chi connectivity index (χ2n) is 9.46. The van der Waals surface area contributed by atoms with Crippen LogP contribution in [-0.2, 0) is 0 Å². The Morgan fingerprint density at radius 3 is 2.60 bits per heavy atom. The number of nitrogens with zero attached hydrogens (tertiary/aromatic N) is 4. The van der Waals surface area contributed by atoms with Gasteiger partial charge in [-0.2, -0.15) is 5.10 Å². The lowest BCUT2D eigenvalue weighted by Gasteiger charge is -2.35. The minimum absolute atomic E-state index is 0.0862. The van der Waals surface area contributed by atoms with Crippen LogP contribution in [0.5, 0.6) is 5.75 Å². The number of benzene rings is 2. The zero-order chi connectivity index (χ0) is 24.4. The van der Waals surface area contributed by atoms with Crippen molar-refractivity contribution in [3.8, 4) is 28.1 Å². The SMILES string of the molecule is COc1ccccc1-c1n[nH]c2ncc(-c3cccc(C(=O)N4CCN(CC(C)C)CC4)c3)cc12. The topological polar surface area (TPSA) is 74.3 Å². The van der Waals surface area contributed by atoms with E-state index in [2.05, 4.69) is 40.0 Å². The van der Waals surface area contributed by atoms with Gasteiger partial charge in [-0.25, -0.2) is 4.98 Å². The molecule has 35 heavy (non-hydrogen) atoms. The Hall–Kier alpha value is -3.71. The summed E-state index contributed by atoms with van der Waals surface area (Å²) in [5, 5.41) is 8.44. The lowest BCUT2D eigenvalue weighted by molar-refractivity contribution is 0.0624. The number of aromatic amines is 1. The molecule has 1 amide bonds. The van der Waals surface area contributed by atoms with Crippen LogP contribution in [0.15, 0.2) is 60.8 Å². The van der Waals surface area contributed by atoms with Crippen LogP contribution >= 0.6 is 0 Å². The van der Waals surface area contributed by atoms with Crippen LogP contribution in [0, 0.1) is 5.92 Å². The van der Waals surface area contributed by atoms with Crippen LogP contribution in [0.25, 0.3) is 33.4 Å². The average molecular weight is 470 g/mol. The number of pyridine rings is 1. The number of piperazine rings is 1. The quantitative estimate of drug-likeness (QED) is 0.443. The number of rotatable bonds is 6. The molecule has 0 bridgehead atoms. The molecule has 2 aromatic heterocycles. The van der Waals surface area contributed by atoms with Gasteiger partial charge in [-0.05, 0) is 41.8 Å². The minimum atomic E-state index is 0.0862. The molecule has 3 heterocycles. The molecule has 2 aromatic carbocycles. The number of carbonyl (C=O) groups excluding carboxylic acids is 1. The van der Waals surface area contributed by atoms with Gasteiger partial charge in [-0.1, -0.05) is 38.1 Å². The lowest BCUT2D eigenvalue weighted by atomic mass is 10.0. The molecule has 180 valence electrons. The molecule has 5 rings (SSSR count). The number of aromatic nitrogens is 3. The number of hydrogen-bond donors (Lipinski definition) is 1. The van der Waals surface area contributed by atoms with Crippen molar-refractivity contribution in [2.24, 2.45) is 5.92 Å². The van der Waals surface area contributed by atoms with Crippen molar-refractivity contribution in [2.75, 3.05) is 39.8 Å². The molecular weight excluding hydrogens is 438 g/mol. The van der Waals surface area contributed by atoms with Crippen molar-refractivity contribution < 1.29 is 9.53 Å². The summed E-state index contributed by atoms with van der Waals surface area (Å²) in [6.45, 7) is 8.93. The van der Waals surface area contributed by atoms with Gasteiger partial charge in [0.05, 0.1) is 7.11 Å². The largest absolute Gasteiger partial charge is 0.496 e. The van der Waals surface area contributed by atoms with Crippen LogP contribution < -0.4 is 4.74 Å². The van der Waals surface area contributed by atoms with E-state index in [1.807, 2.05) is 59.6 Å². The predicted molar refractivity (Wildman–Crippen MR) is 138 cm³/mol. The fourth-order valence-corrected chi connectivity index (χ4v) is 4.77. The standard InChI is InChI=1S/C28H31N5O2/c1-19(2)18-32-11-13-33(14-12-32)28(34)21-8-6-7-20(15-21)22-16-24-26(30-31-27(24)29-17-22)23-9-4-5-10-25(23)35-3/h4-10,15-17,19H,11-14,18H2,1-3H3,(H,29,30,31). The van der Waals surface area contributed by atoms with E-state index in [4.69, 9.17) is 4.74 Å². The molecule has 0 atom stereocenters. The third-order valence-electron chi connectivity index (χ3n) is 6.50. The number of carbonyl (C=O) groups is 1. The van der Waals surface area contributed by atoms with Gasteiger partial charge in [-0.3, -0.25) is 14.8 Å². The van der Waals surface area contributed by atoms with Gasteiger partial charge >= 0.3 is 0 Å². The molecule has 1 aliphatic rings. The highest BCUT2D eigenvalue weighted by Crippen LogP contribution is 2.34. The number of fused-ring (bicyclic) bond motifs is 1. The van der Waals surface area contributed by atoms with Crippen molar-refractivity contribution in [1.82, 2.24) is 25.0 Å². The van der Waals surface area contributed by atoms with Crippen LogP contribution in [0.3, 0.4) is 0 Å². The van der Waals surface area contributed by atoms with Gasteiger partial charge in [0.2, 0.25) is 0 Å². The Morgan fingerprint density at radius 2 is 1.83 bits per heavy atom. The van der Waals surface area contributed by atoms with Crippen molar-refractivity contribution in [2.45, 2.75) is 13.8 Å². The van der Waals surface area contributed by atoms with E-state index in [9.17, 15) is 4.79 Å². The predicted octanol–water partition coefficient (Wildman–Crippen LogP) is 4.71. The molecular formula is C28H31N5O2. The normalized spacial score (nSPS) is 14.6. The number of H-pyrrole nitrogens is 1. The van der Waals surface area contributed by atoms with Gasteiger partial charge in [0, 0.05) is 61.0 Å². The van der Waals surface area contributed by atoms with E-state index >= 15 is 0 Å². The molecule has 0 unspecified atom stereocenters. The van der Waals surface area contributed by atoms with Crippen molar-refractivity contribution >= 4 is 16.9 Å². The fourth-order valence-electron chi connectivity index (χ4n) is 4.77. The third-order valence-corrected chi connectivity index (χ3v) is 6.50. The van der Waals surface area contributed by atoms with Crippen molar-refractivity contribution in [3.63, 3.8) is 0 Å². The molecule has 1 aliphatic heterocycles. The van der Waals surface area contributed by atoms with Gasteiger partial charge in [0.15, 0.2) is 5.65 Å². The second-order valence-corrected chi connectivity index (χ2v) is 9.46. The number of para-hydroxylation sites is 1. The summed E-state index contributed by atoms with van der Waals surface area (Å²) in [4.78, 5) is 22.3. The monoisotopic (exact) mass is 469 g/mol. The third kappa shape index (κ3) is 4.77. The highest BCUT2D eigenvalue weighted by molar-refractivity contribution is 5.97. The molecule has 1 N–H and O–H groups in total. The number of nitrogens with one attached hydrogen (secondary N) is 1. The average Bonchev–Trinajstić information content (AvgIpc) is 3.31. The highest BCUT2D eigenvalue weighted by Gasteiger charge is 2.23. The molecule has 0 aliphatic carbocycles. The van der Waals surface area contributed by atoms with Crippen molar-refractivity contribution in [3.05, 3.63) is 66.4 Å².